The zero-order valence-corrected chi connectivity index (χ0v) is 9.49. The zero-order chi connectivity index (χ0) is 12.7. The fourth-order valence-electron chi connectivity index (χ4n) is 1.70. The van der Waals surface area contributed by atoms with Gasteiger partial charge in [-0.2, -0.15) is 0 Å². The number of carboxylic acid groups (broad SMARTS) is 1. The predicted octanol–water partition coefficient (Wildman–Crippen LogP) is -0.571. The van der Waals surface area contributed by atoms with E-state index in [1.54, 1.807) is 0 Å². The summed E-state index contributed by atoms with van der Waals surface area (Å²) in [5.41, 5.74) is 0. The van der Waals surface area contributed by atoms with Crippen molar-refractivity contribution in [1.29, 1.82) is 0 Å². The standard InChI is InChI=1S/C10H17N3O4/c14-8(11-6-9(15)16)5-12-10(17)13-7-3-1-2-4-7/h7H,1-6H2,(H,11,14)(H,15,16)(H2,12,13,17). The van der Waals surface area contributed by atoms with E-state index in [4.69, 9.17) is 5.11 Å². The van der Waals surface area contributed by atoms with Gasteiger partial charge in [0.05, 0.1) is 6.54 Å². The number of urea groups is 1. The Morgan fingerprint density at radius 1 is 1.06 bits per heavy atom. The number of nitrogens with one attached hydrogen (secondary N) is 3. The molecule has 0 spiro atoms. The molecular weight excluding hydrogens is 226 g/mol. The van der Waals surface area contributed by atoms with Gasteiger partial charge in [-0.3, -0.25) is 9.59 Å². The molecule has 4 N–H and O–H groups in total. The maximum Gasteiger partial charge on any atom is 0.322 e. The van der Waals surface area contributed by atoms with E-state index in [1.165, 1.54) is 0 Å². The van der Waals surface area contributed by atoms with Crippen LogP contribution in [0.3, 0.4) is 0 Å². The first-order valence-electron chi connectivity index (χ1n) is 5.61. The second kappa shape index (κ2) is 6.72. The molecule has 0 aliphatic heterocycles. The molecule has 7 nitrogen and oxygen atoms in total. The van der Waals surface area contributed by atoms with Gasteiger partial charge < -0.3 is 21.1 Å². The summed E-state index contributed by atoms with van der Waals surface area (Å²) >= 11 is 0. The molecule has 1 aliphatic rings. The van der Waals surface area contributed by atoms with Crippen LogP contribution < -0.4 is 16.0 Å². The highest BCUT2D eigenvalue weighted by Crippen LogP contribution is 2.17. The molecule has 0 bridgehead atoms. The normalized spacial score (nSPS) is 15.3. The summed E-state index contributed by atoms with van der Waals surface area (Å²) in [4.78, 5) is 32.6. The Labute approximate surface area is 98.9 Å². The van der Waals surface area contributed by atoms with E-state index in [0.717, 1.165) is 25.7 Å². The average Bonchev–Trinajstić information content (AvgIpc) is 2.76. The molecular formula is C10H17N3O4. The number of carbonyl (C=O) groups is 3. The van der Waals surface area contributed by atoms with Gasteiger partial charge in [-0.1, -0.05) is 12.8 Å². The predicted molar refractivity (Wildman–Crippen MR) is 59.4 cm³/mol. The van der Waals surface area contributed by atoms with E-state index in [2.05, 4.69) is 16.0 Å². The summed E-state index contributed by atoms with van der Waals surface area (Å²) in [5.74, 6) is -1.64. The van der Waals surface area contributed by atoms with E-state index in [0.29, 0.717) is 0 Å². The zero-order valence-electron chi connectivity index (χ0n) is 9.49. The SMILES string of the molecule is O=C(O)CNC(=O)CNC(=O)NC1CCCC1. The molecule has 0 aromatic carbocycles. The lowest BCUT2D eigenvalue weighted by molar-refractivity contribution is -0.137. The Hall–Kier alpha value is -1.79. The van der Waals surface area contributed by atoms with Crippen molar-refractivity contribution in [3.63, 3.8) is 0 Å². The second-order valence-corrected chi connectivity index (χ2v) is 3.98. The molecule has 1 aliphatic carbocycles. The van der Waals surface area contributed by atoms with Crippen molar-refractivity contribution in [2.24, 2.45) is 0 Å². The Balaban J connectivity index is 2.10. The van der Waals surface area contributed by atoms with E-state index in [9.17, 15) is 14.4 Å². The van der Waals surface area contributed by atoms with E-state index in [-0.39, 0.29) is 18.6 Å². The van der Waals surface area contributed by atoms with Gasteiger partial charge in [-0.15, -0.1) is 0 Å². The third kappa shape index (κ3) is 5.74. The quantitative estimate of drug-likeness (QED) is 0.518. The monoisotopic (exact) mass is 243 g/mol. The molecule has 0 heterocycles. The third-order valence-electron chi connectivity index (χ3n) is 2.54. The Bertz CT molecular complexity index is 300. The van der Waals surface area contributed by atoms with Crippen LogP contribution in [0.1, 0.15) is 25.7 Å². The maximum atomic E-state index is 11.3. The number of aliphatic carboxylic acids is 1. The lowest BCUT2D eigenvalue weighted by Crippen LogP contribution is -2.45. The molecule has 1 fully saturated rings. The van der Waals surface area contributed by atoms with E-state index >= 15 is 0 Å². The third-order valence-corrected chi connectivity index (χ3v) is 2.54. The highest BCUT2D eigenvalue weighted by Gasteiger charge is 2.17. The van der Waals surface area contributed by atoms with Gasteiger partial charge in [0.25, 0.3) is 0 Å². The van der Waals surface area contributed by atoms with Crippen molar-refractivity contribution in [3.8, 4) is 0 Å². The topological polar surface area (TPSA) is 108 Å². The maximum absolute atomic E-state index is 11.3. The Morgan fingerprint density at radius 2 is 1.71 bits per heavy atom. The summed E-state index contributed by atoms with van der Waals surface area (Å²) in [7, 11) is 0. The van der Waals surface area contributed by atoms with Crippen molar-refractivity contribution in [1.82, 2.24) is 16.0 Å². The fourth-order valence-corrected chi connectivity index (χ4v) is 1.70. The van der Waals surface area contributed by atoms with Gasteiger partial charge in [0.15, 0.2) is 0 Å². The van der Waals surface area contributed by atoms with E-state index < -0.39 is 18.4 Å². The minimum Gasteiger partial charge on any atom is -0.480 e. The number of amides is 3. The number of rotatable bonds is 5. The highest BCUT2D eigenvalue weighted by molar-refractivity contribution is 5.86. The van der Waals surface area contributed by atoms with E-state index in [1.807, 2.05) is 0 Å². The van der Waals surface area contributed by atoms with Crippen LogP contribution >= 0.6 is 0 Å². The van der Waals surface area contributed by atoms with Crippen LogP contribution in [0.25, 0.3) is 0 Å². The summed E-state index contributed by atoms with van der Waals surface area (Å²) < 4.78 is 0. The minimum atomic E-state index is -1.12. The minimum absolute atomic E-state index is 0.192. The fraction of sp³-hybridized carbons (Fsp3) is 0.700. The Morgan fingerprint density at radius 3 is 2.29 bits per heavy atom. The molecule has 0 unspecified atom stereocenters. The lowest BCUT2D eigenvalue weighted by atomic mass is 10.2. The summed E-state index contributed by atoms with van der Waals surface area (Å²) in [5, 5.41) is 15.6. The van der Waals surface area contributed by atoms with Crippen LogP contribution in [-0.4, -0.2) is 42.1 Å². The van der Waals surface area contributed by atoms with Crippen LogP contribution in [0, 0.1) is 0 Å². The summed E-state index contributed by atoms with van der Waals surface area (Å²) in [6.45, 7) is -0.656. The molecule has 0 atom stereocenters. The van der Waals surface area contributed by atoms with Gasteiger partial charge in [-0.05, 0) is 12.8 Å². The van der Waals surface area contributed by atoms with Crippen molar-refractivity contribution >= 4 is 17.9 Å². The number of hydrogen-bond acceptors (Lipinski definition) is 3. The average molecular weight is 243 g/mol. The molecule has 17 heavy (non-hydrogen) atoms. The smallest absolute Gasteiger partial charge is 0.322 e. The second-order valence-electron chi connectivity index (χ2n) is 3.98. The molecule has 0 radical (unpaired) electrons. The van der Waals surface area contributed by atoms with Gasteiger partial charge in [0, 0.05) is 6.04 Å². The summed E-state index contributed by atoms with van der Waals surface area (Å²) in [6, 6.07) is -0.195. The molecule has 0 aromatic rings. The van der Waals surface area contributed by atoms with Crippen LogP contribution in [0.2, 0.25) is 0 Å². The Kier molecular flexibility index (Phi) is 5.25. The molecule has 7 heteroatoms. The highest BCUT2D eigenvalue weighted by atomic mass is 16.4. The van der Waals surface area contributed by atoms with Crippen LogP contribution in [0.5, 0.6) is 0 Å². The first-order valence-corrected chi connectivity index (χ1v) is 5.61. The van der Waals surface area contributed by atoms with Crippen LogP contribution in [-0.2, 0) is 9.59 Å². The molecule has 96 valence electrons. The first kappa shape index (κ1) is 13.3. The molecule has 0 aromatic heterocycles. The molecule has 3 amide bonds. The number of carbonyl (C=O) groups excluding carboxylic acids is 2. The largest absolute Gasteiger partial charge is 0.480 e. The number of hydrogen-bond donors (Lipinski definition) is 4. The van der Waals surface area contributed by atoms with Crippen molar-refractivity contribution in [3.05, 3.63) is 0 Å². The van der Waals surface area contributed by atoms with Crippen molar-refractivity contribution in [2.45, 2.75) is 31.7 Å². The van der Waals surface area contributed by atoms with Crippen LogP contribution in [0.4, 0.5) is 4.79 Å². The van der Waals surface area contributed by atoms with Gasteiger partial charge in [0.2, 0.25) is 5.91 Å². The van der Waals surface area contributed by atoms with Crippen molar-refractivity contribution in [2.75, 3.05) is 13.1 Å². The first-order chi connectivity index (χ1) is 8.08. The molecule has 0 saturated heterocycles. The van der Waals surface area contributed by atoms with Gasteiger partial charge in [-0.25, -0.2) is 4.79 Å². The van der Waals surface area contributed by atoms with Crippen molar-refractivity contribution < 1.29 is 19.5 Å². The molecule has 1 rings (SSSR count). The number of carboxylic acids is 1. The summed E-state index contributed by atoms with van der Waals surface area (Å²) in [6.07, 6.45) is 4.17. The van der Waals surface area contributed by atoms with Gasteiger partial charge in [0.1, 0.15) is 6.54 Å². The molecule has 1 saturated carbocycles. The lowest BCUT2D eigenvalue weighted by Gasteiger charge is -2.12. The van der Waals surface area contributed by atoms with Crippen LogP contribution in [0.15, 0.2) is 0 Å². The van der Waals surface area contributed by atoms with Gasteiger partial charge >= 0.3 is 12.0 Å².